The molecule has 12 heteroatoms. The van der Waals surface area contributed by atoms with E-state index in [0.717, 1.165) is 11.5 Å². The van der Waals surface area contributed by atoms with E-state index in [1.165, 1.54) is 11.0 Å². The van der Waals surface area contributed by atoms with E-state index in [4.69, 9.17) is 4.74 Å². The Bertz CT molecular complexity index is 1180. The number of para-hydroxylation sites is 1. The van der Waals surface area contributed by atoms with Gasteiger partial charge in [0.25, 0.3) is 15.9 Å². The van der Waals surface area contributed by atoms with E-state index in [2.05, 4.69) is 19.3 Å². The van der Waals surface area contributed by atoms with Crippen LogP contribution in [-0.4, -0.2) is 58.0 Å². The van der Waals surface area contributed by atoms with Crippen LogP contribution in [0.25, 0.3) is 0 Å². The highest BCUT2D eigenvalue weighted by Crippen LogP contribution is 2.33. The molecular weight excluding hydrogens is 442 g/mol. The molecule has 1 aromatic carbocycles. The summed E-state index contributed by atoms with van der Waals surface area (Å²) in [7, 11) is -4.04. The lowest BCUT2D eigenvalue weighted by Crippen LogP contribution is -2.40. The number of anilines is 1. The van der Waals surface area contributed by atoms with Crippen LogP contribution >= 0.6 is 11.5 Å². The number of amidine groups is 1. The molecule has 0 fully saturated rings. The number of ether oxygens (including phenoxy) is 1. The van der Waals surface area contributed by atoms with Crippen molar-refractivity contribution in [2.45, 2.75) is 43.9 Å². The van der Waals surface area contributed by atoms with E-state index < -0.39 is 27.6 Å². The zero-order chi connectivity index (χ0) is 22.4. The second-order valence-electron chi connectivity index (χ2n) is 8.06. The number of nitrogens with one attached hydrogen (secondary N) is 1. The number of aliphatic hydroxyl groups is 1. The molecule has 164 valence electrons. The number of carbonyl (C=O) groups is 1. The minimum atomic E-state index is -4.04. The van der Waals surface area contributed by atoms with Gasteiger partial charge in [0.1, 0.15) is 22.3 Å². The highest BCUT2D eigenvalue weighted by Gasteiger charge is 2.44. The third-order valence-corrected chi connectivity index (χ3v) is 6.59. The zero-order valence-corrected chi connectivity index (χ0v) is 18.7. The number of carbonyl (C=O) groups excluding carboxylic acids is 1. The summed E-state index contributed by atoms with van der Waals surface area (Å²) in [5.74, 6) is -1.10. The van der Waals surface area contributed by atoms with Gasteiger partial charge in [-0.1, -0.05) is 16.6 Å². The molecule has 0 spiro atoms. The van der Waals surface area contributed by atoms with Gasteiger partial charge in [0.15, 0.2) is 5.84 Å². The van der Waals surface area contributed by atoms with Crippen molar-refractivity contribution in [3.05, 3.63) is 46.7 Å². The Morgan fingerprint density at radius 2 is 2.03 bits per heavy atom. The largest absolute Gasteiger partial charge is 0.509 e. The molecule has 2 aromatic rings. The van der Waals surface area contributed by atoms with Gasteiger partial charge in [-0.2, -0.15) is 8.42 Å². The van der Waals surface area contributed by atoms with Gasteiger partial charge in [-0.3, -0.25) is 4.79 Å². The molecule has 1 atom stereocenters. The molecule has 2 aliphatic rings. The summed E-state index contributed by atoms with van der Waals surface area (Å²) in [5.41, 5.74) is 0.113. The van der Waals surface area contributed by atoms with Gasteiger partial charge in [0.2, 0.25) is 0 Å². The van der Waals surface area contributed by atoms with Gasteiger partial charge in [-0.15, -0.1) is 9.50 Å². The molecule has 10 nitrogen and oxygen atoms in total. The van der Waals surface area contributed by atoms with Gasteiger partial charge in [-0.05, 0) is 44.4 Å². The quantitative estimate of drug-likeness (QED) is 0.688. The number of fused-ring (bicyclic) bond motifs is 1. The van der Waals surface area contributed by atoms with Crippen LogP contribution in [0.4, 0.5) is 5.69 Å². The smallest absolute Gasteiger partial charge is 0.286 e. The third kappa shape index (κ3) is 4.18. The van der Waals surface area contributed by atoms with E-state index in [0.29, 0.717) is 5.69 Å². The van der Waals surface area contributed by atoms with Gasteiger partial charge in [-0.25, -0.2) is 0 Å². The summed E-state index contributed by atoms with van der Waals surface area (Å²) in [6.45, 7) is 5.67. The fourth-order valence-corrected chi connectivity index (χ4v) is 4.83. The minimum Gasteiger partial charge on any atom is -0.509 e. The number of hydrogen-bond acceptors (Lipinski definition) is 9. The van der Waals surface area contributed by atoms with Crippen LogP contribution in [0.1, 0.15) is 26.5 Å². The Hall–Kier alpha value is -2.83. The van der Waals surface area contributed by atoms with Gasteiger partial charge in [0.05, 0.1) is 30.1 Å². The van der Waals surface area contributed by atoms with Crippen LogP contribution in [0.3, 0.4) is 0 Å². The fourth-order valence-electron chi connectivity index (χ4n) is 3.26. The topological polar surface area (TPSA) is 134 Å². The van der Waals surface area contributed by atoms with Crippen LogP contribution in [0, 0.1) is 0 Å². The van der Waals surface area contributed by atoms with Crippen molar-refractivity contribution >= 4 is 39.0 Å². The maximum absolute atomic E-state index is 13.3. The molecule has 31 heavy (non-hydrogen) atoms. The van der Waals surface area contributed by atoms with Crippen molar-refractivity contribution in [1.82, 2.24) is 14.5 Å². The van der Waals surface area contributed by atoms with Gasteiger partial charge < -0.3 is 20.1 Å². The summed E-state index contributed by atoms with van der Waals surface area (Å²) in [5, 5.41) is 19.5. The van der Waals surface area contributed by atoms with Crippen molar-refractivity contribution in [2.75, 3.05) is 11.9 Å². The van der Waals surface area contributed by atoms with Crippen LogP contribution in [0.5, 0.6) is 0 Å². The second kappa shape index (κ2) is 7.70. The van der Waals surface area contributed by atoms with Crippen LogP contribution < -0.4 is 5.32 Å². The molecular formula is C19H21N5O5S2. The highest BCUT2D eigenvalue weighted by atomic mass is 32.2. The Labute approximate surface area is 183 Å². The number of rotatable bonds is 5. The Morgan fingerprint density at radius 1 is 1.29 bits per heavy atom. The maximum atomic E-state index is 13.3. The molecule has 4 rings (SSSR count). The first-order valence-electron chi connectivity index (χ1n) is 9.42. The number of aromatic nitrogens is 2. The molecule has 2 aliphatic heterocycles. The summed E-state index contributed by atoms with van der Waals surface area (Å²) in [6, 6.07) is 5.41. The highest BCUT2D eigenvalue weighted by molar-refractivity contribution is 7.90. The van der Waals surface area contributed by atoms with E-state index >= 15 is 0 Å². The number of nitrogens with zero attached hydrogens (tertiary/aromatic N) is 4. The van der Waals surface area contributed by atoms with Crippen LogP contribution in [-0.2, 0) is 26.1 Å². The van der Waals surface area contributed by atoms with Crippen molar-refractivity contribution in [1.29, 1.82) is 0 Å². The normalized spacial score (nSPS) is 20.5. The van der Waals surface area contributed by atoms with Crippen LogP contribution in [0.2, 0.25) is 0 Å². The summed E-state index contributed by atoms with van der Waals surface area (Å²) in [4.78, 5) is 14.7. The average molecular weight is 464 g/mol. The molecule has 1 aromatic heterocycles. The lowest BCUT2D eigenvalue weighted by atomic mass is 10.1. The standard InChI is InChI=1S/C19H21N5O5S2/c1-19(2,3)29-9-13-16(25)15(18(26)24(13)8-11-10-30-23-21-11)17-20-12-6-4-5-7-14(12)31(27,28)22-17/h4-7,10,13,25H,8-9H2,1-3H3,(H,20,22)/t13-/m0/s1. The van der Waals surface area contributed by atoms with E-state index in [1.807, 2.05) is 20.8 Å². The summed E-state index contributed by atoms with van der Waals surface area (Å²) < 4.78 is 38.6. The first-order chi connectivity index (χ1) is 14.6. The lowest BCUT2D eigenvalue weighted by Gasteiger charge is -2.28. The molecule has 0 saturated carbocycles. The zero-order valence-electron chi connectivity index (χ0n) is 17.1. The number of aliphatic hydroxyl groups excluding tert-OH is 1. The monoisotopic (exact) mass is 463 g/mol. The average Bonchev–Trinajstić information content (AvgIpc) is 3.26. The lowest BCUT2D eigenvalue weighted by molar-refractivity contribution is -0.129. The van der Waals surface area contributed by atoms with E-state index in [1.54, 1.807) is 23.6 Å². The first-order valence-corrected chi connectivity index (χ1v) is 11.7. The number of hydrogen-bond donors (Lipinski definition) is 2. The molecule has 0 saturated heterocycles. The number of sulfonamides is 1. The molecule has 0 bridgehead atoms. The molecule has 0 aliphatic carbocycles. The molecule has 3 heterocycles. The predicted octanol–water partition coefficient (Wildman–Crippen LogP) is 2.09. The van der Waals surface area contributed by atoms with Crippen molar-refractivity contribution in [3.8, 4) is 0 Å². The Morgan fingerprint density at radius 3 is 2.71 bits per heavy atom. The molecule has 1 amide bonds. The summed E-state index contributed by atoms with van der Waals surface area (Å²) >= 11 is 1.14. The second-order valence-corrected chi connectivity index (χ2v) is 10.2. The third-order valence-electron chi connectivity index (χ3n) is 4.70. The van der Waals surface area contributed by atoms with E-state index in [9.17, 15) is 18.3 Å². The van der Waals surface area contributed by atoms with Crippen LogP contribution in [0.15, 0.2) is 50.3 Å². The molecule has 2 N–H and O–H groups in total. The van der Waals surface area contributed by atoms with Crippen molar-refractivity contribution < 1.29 is 23.1 Å². The van der Waals surface area contributed by atoms with Crippen molar-refractivity contribution in [2.24, 2.45) is 4.40 Å². The molecule has 0 unspecified atom stereocenters. The molecule has 0 radical (unpaired) electrons. The van der Waals surface area contributed by atoms with Crippen molar-refractivity contribution in [3.63, 3.8) is 0 Å². The van der Waals surface area contributed by atoms with Gasteiger partial charge >= 0.3 is 0 Å². The fraction of sp³-hybridized carbons (Fsp3) is 0.368. The number of benzene rings is 1. The first kappa shape index (κ1) is 21.4. The summed E-state index contributed by atoms with van der Waals surface area (Å²) in [6.07, 6.45) is 0. The van der Waals surface area contributed by atoms with Gasteiger partial charge in [0, 0.05) is 5.38 Å². The Balaban J connectivity index is 1.73. The predicted molar refractivity (Wildman–Crippen MR) is 114 cm³/mol. The SMILES string of the molecule is CC(C)(C)OC[C@H]1C(O)=C(C2=NS(=O)(=O)c3ccccc3N2)C(=O)N1Cc1csnn1. The van der Waals surface area contributed by atoms with E-state index in [-0.39, 0.29) is 40.9 Å². The number of amides is 1. The Kier molecular flexibility index (Phi) is 5.31. The minimum absolute atomic E-state index is 0.00213. The maximum Gasteiger partial charge on any atom is 0.286 e.